The van der Waals surface area contributed by atoms with Gasteiger partial charge in [0.25, 0.3) is 5.91 Å². The number of ether oxygens (including phenoxy) is 1. The first-order chi connectivity index (χ1) is 12.7. The maximum absolute atomic E-state index is 12.5. The van der Waals surface area contributed by atoms with Crippen molar-refractivity contribution in [1.29, 1.82) is 0 Å². The SMILES string of the molecule is CC(=O)c1cccc(NC(=O)[C@@H](C)OC(=O)[C@H]2CS[C@@]3(C)CCC(=O)N23)c1. The van der Waals surface area contributed by atoms with Crippen LogP contribution in [0.25, 0.3) is 0 Å². The molecule has 1 aromatic rings. The van der Waals surface area contributed by atoms with E-state index in [1.54, 1.807) is 40.9 Å². The van der Waals surface area contributed by atoms with E-state index >= 15 is 0 Å². The lowest BCUT2D eigenvalue weighted by atomic mass is 10.1. The molecule has 0 aliphatic carbocycles. The number of nitrogens with zero attached hydrogens (tertiary/aromatic N) is 1. The van der Waals surface area contributed by atoms with Crippen LogP contribution in [0.1, 0.15) is 44.0 Å². The second kappa shape index (κ2) is 7.34. The molecule has 2 aliphatic rings. The third-order valence-electron chi connectivity index (χ3n) is 4.92. The van der Waals surface area contributed by atoms with Gasteiger partial charge in [0.15, 0.2) is 11.9 Å². The first-order valence-electron chi connectivity index (χ1n) is 8.80. The Morgan fingerprint density at radius 3 is 2.81 bits per heavy atom. The summed E-state index contributed by atoms with van der Waals surface area (Å²) in [5.41, 5.74) is 0.932. The van der Waals surface area contributed by atoms with Crippen LogP contribution in [-0.4, -0.2) is 51.2 Å². The minimum absolute atomic E-state index is 0.0531. The van der Waals surface area contributed by atoms with Crippen LogP contribution in [0.4, 0.5) is 5.69 Å². The van der Waals surface area contributed by atoms with E-state index in [9.17, 15) is 19.2 Å². The molecule has 0 unspecified atom stereocenters. The number of hydrogen-bond donors (Lipinski definition) is 1. The van der Waals surface area contributed by atoms with Gasteiger partial charge in [-0.25, -0.2) is 4.79 Å². The van der Waals surface area contributed by atoms with Gasteiger partial charge in [0, 0.05) is 23.4 Å². The second-order valence-corrected chi connectivity index (χ2v) is 8.47. The smallest absolute Gasteiger partial charge is 0.330 e. The number of benzene rings is 1. The fraction of sp³-hybridized carbons (Fsp3) is 0.474. The second-order valence-electron chi connectivity index (χ2n) is 6.97. The van der Waals surface area contributed by atoms with Crippen LogP contribution in [-0.2, 0) is 19.1 Å². The molecule has 0 saturated carbocycles. The molecule has 3 rings (SSSR count). The van der Waals surface area contributed by atoms with Crippen LogP contribution in [0.15, 0.2) is 24.3 Å². The quantitative estimate of drug-likeness (QED) is 0.612. The molecular weight excluding hydrogens is 368 g/mol. The fourth-order valence-electron chi connectivity index (χ4n) is 3.36. The molecule has 2 amide bonds. The first kappa shape index (κ1) is 19.4. The van der Waals surface area contributed by atoms with Crippen LogP contribution in [0.3, 0.4) is 0 Å². The highest BCUT2D eigenvalue weighted by atomic mass is 32.2. The van der Waals surface area contributed by atoms with Crippen molar-refractivity contribution in [3.8, 4) is 0 Å². The molecule has 7 nitrogen and oxygen atoms in total. The topological polar surface area (TPSA) is 92.8 Å². The highest BCUT2D eigenvalue weighted by Crippen LogP contribution is 2.47. The summed E-state index contributed by atoms with van der Waals surface area (Å²) in [7, 11) is 0. The van der Waals surface area contributed by atoms with Gasteiger partial charge in [0.05, 0.1) is 4.87 Å². The van der Waals surface area contributed by atoms with Crippen molar-refractivity contribution in [2.24, 2.45) is 0 Å². The van der Waals surface area contributed by atoms with Crippen LogP contribution in [0, 0.1) is 0 Å². The molecule has 8 heteroatoms. The predicted molar refractivity (Wildman–Crippen MR) is 101 cm³/mol. The maximum atomic E-state index is 12.5. The lowest BCUT2D eigenvalue weighted by Gasteiger charge is -2.29. The van der Waals surface area contributed by atoms with Crippen molar-refractivity contribution in [3.05, 3.63) is 29.8 Å². The summed E-state index contributed by atoms with van der Waals surface area (Å²) in [5, 5.41) is 2.64. The summed E-state index contributed by atoms with van der Waals surface area (Å²) in [4.78, 5) is 49.7. The van der Waals surface area contributed by atoms with Crippen LogP contribution >= 0.6 is 11.8 Å². The number of amides is 2. The zero-order valence-corrected chi connectivity index (χ0v) is 16.3. The third kappa shape index (κ3) is 3.85. The molecule has 3 atom stereocenters. The number of Topliss-reactive ketones (excluding diaryl/α,β-unsaturated/α-hetero) is 1. The molecule has 2 saturated heterocycles. The predicted octanol–water partition coefficient (Wildman–Crippen LogP) is 2.21. The number of rotatable bonds is 5. The molecule has 0 bridgehead atoms. The molecule has 0 radical (unpaired) electrons. The minimum atomic E-state index is -1.02. The van der Waals surface area contributed by atoms with E-state index in [0.717, 1.165) is 0 Å². The summed E-state index contributed by atoms with van der Waals surface area (Å²) in [5.74, 6) is -0.757. The van der Waals surface area contributed by atoms with Gasteiger partial charge in [-0.2, -0.15) is 0 Å². The molecule has 1 N–H and O–H groups in total. The van der Waals surface area contributed by atoms with Gasteiger partial charge in [-0.05, 0) is 39.3 Å². The third-order valence-corrected chi connectivity index (χ3v) is 6.42. The Morgan fingerprint density at radius 1 is 1.37 bits per heavy atom. The number of thioether (sulfide) groups is 1. The maximum Gasteiger partial charge on any atom is 0.330 e. The molecule has 2 heterocycles. The Labute approximate surface area is 161 Å². The zero-order chi connectivity index (χ0) is 19.8. The van der Waals surface area contributed by atoms with Crippen molar-refractivity contribution < 1.29 is 23.9 Å². The van der Waals surface area contributed by atoms with E-state index in [1.165, 1.54) is 13.8 Å². The monoisotopic (exact) mass is 390 g/mol. The highest BCUT2D eigenvalue weighted by molar-refractivity contribution is 8.01. The van der Waals surface area contributed by atoms with Gasteiger partial charge in [0.1, 0.15) is 6.04 Å². The average Bonchev–Trinajstić information content (AvgIpc) is 3.11. The molecular formula is C19H22N2O5S. The van der Waals surface area contributed by atoms with Crippen molar-refractivity contribution in [2.45, 2.75) is 50.6 Å². The molecule has 0 aromatic heterocycles. The van der Waals surface area contributed by atoms with Gasteiger partial charge in [-0.15, -0.1) is 11.8 Å². The van der Waals surface area contributed by atoms with E-state index in [0.29, 0.717) is 29.8 Å². The first-order valence-corrected chi connectivity index (χ1v) is 9.78. The summed E-state index contributed by atoms with van der Waals surface area (Å²) < 4.78 is 5.32. The van der Waals surface area contributed by atoms with E-state index < -0.39 is 24.0 Å². The molecule has 144 valence electrons. The molecule has 27 heavy (non-hydrogen) atoms. The largest absolute Gasteiger partial charge is 0.451 e. The van der Waals surface area contributed by atoms with Gasteiger partial charge < -0.3 is 15.0 Å². The van der Waals surface area contributed by atoms with E-state index in [2.05, 4.69) is 5.32 Å². The summed E-state index contributed by atoms with van der Waals surface area (Å²) >= 11 is 1.57. The zero-order valence-electron chi connectivity index (χ0n) is 15.5. The van der Waals surface area contributed by atoms with Crippen LogP contribution in [0.5, 0.6) is 0 Å². The van der Waals surface area contributed by atoms with Crippen molar-refractivity contribution in [1.82, 2.24) is 4.90 Å². The Kier molecular flexibility index (Phi) is 5.28. The number of fused-ring (bicyclic) bond motifs is 1. The molecule has 0 spiro atoms. The van der Waals surface area contributed by atoms with Crippen molar-refractivity contribution in [2.75, 3.05) is 11.1 Å². The van der Waals surface area contributed by atoms with Gasteiger partial charge >= 0.3 is 5.97 Å². The summed E-state index contributed by atoms with van der Waals surface area (Å²) in [6.07, 6.45) is 0.117. The Hall–Kier alpha value is -2.35. The van der Waals surface area contributed by atoms with E-state index in [1.807, 2.05) is 6.92 Å². The number of hydrogen-bond acceptors (Lipinski definition) is 6. The van der Waals surface area contributed by atoms with Gasteiger partial charge in [0.2, 0.25) is 5.91 Å². The lowest BCUT2D eigenvalue weighted by Crippen LogP contribution is -2.48. The number of nitrogens with one attached hydrogen (secondary N) is 1. The van der Waals surface area contributed by atoms with Crippen molar-refractivity contribution in [3.63, 3.8) is 0 Å². The van der Waals surface area contributed by atoms with Crippen LogP contribution < -0.4 is 5.32 Å². The van der Waals surface area contributed by atoms with Gasteiger partial charge in [-0.3, -0.25) is 14.4 Å². The number of anilines is 1. The summed E-state index contributed by atoms with van der Waals surface area (Å²) in [6, 6.07) is 5.88. The summed E-state index contributed by atoms with van der Waals surface area (Å²) in [6.45, 7) is 4.88. The molecule has 1 aromatic carbocycles. The van der Waals surface area contributed by atoms with Gasteiger partial charge in [-0.1, -0.05) is 12.1 Å². The van der Waals surface area contributed by atoms with E-state index in [-0.39, 0.29) is 16.6 Å². The number of carbonyl (C=O) groups excluding carboxylic acids is 4. The Morgan fingerprint density at radius 2 is 2.11 bits per heavy atom. The number of ketones is 1. The average molecular weight is 390 g/mol. The molecule has 2 aliphatic heterocycles. The number of carbonyl (C=O) groups is 4. The standard InChI is InChI=1S/C19H22N2O5S/c1-11(22)13-5-4-6-14(9-13)20-17(24)12(2)26-18(25)15-10-27-19(3)8-7-16(23)21(15)19/h4-6,9,12,15H,7-8,10H2,1-3H3,(H,20,24)/t12-,15-,19+/m1/s1. The van der Waals surface area contributed by atoms with Crippen molar-refractivity contribution >= 4 is 41.0 Å². The number of esters is 1. The normalized spacial score (nSPS) is 25.1. The van der Waals surface area contributed by atoms with E-state index in [4.69, 9.17) is 4.74 Å². The Bertz CT molecular complexity index is 811. The fourth-order valence-corrected chi connectivity index (χ4v) is 4.78. The highest BCUT2D eigenvalue weighted by Gasteiger charge is 2.53. The lowest BCUT2D eigenvalue weighted by molar-refractivity contribution is -0.160. The molecule has 2 fully saturated rings. The van der Waals surface area contributed by atoms with Crippen LogP contribution in [0.2, 0.25) is 0 Å². The minimum Gasteiger partial charge on any atom is -0.451 e. The Balaban J connectivity index is 1.61.